The minimum absolute atomic E-state index is 0.0978. The molecule has 0 fully saturated rings. The fourth-order valence-corrected chi connectivity index (χ4v) is 2.31. The predicted molar refractivity (Wildman–Crippen MR) is 72.6 cm³/mol. The monoisotopic (exact) mass is 300 g/mol. The number of carbonyl (C=O) groups excluding carboxylic acids is 1. The van der Waals surface area contributed by atoms with Gasteiger partial charge in [0.1, 0.15) is 5.78 Å². The van der Waals surface area contributed by atoms with Gasteiger partial charge in [0, 0.05) is 24.5 Å². The molecule has 7 nitrogen and oxygen atoms in total. The van der Waals surface area contributed by atoms with Gasteiger partial charge in [0.2, 0.25) is 10.0 Å². The fourth-order valence-electron chi connectivity index (χ4n) is 1.78. The average molecular weight is 300 g/mol. The molecule has 0 aliphatic rings. The largest absolute Gasteiger partial charge is 0.299 e. The molecule has 0 aliphatic carbocycles. The number of Topliss-reactive ketones (excluding diaryl/α,β-unsaturated/α-hetero) is 1. The highest BCUT2D eigenvalue weighted by Gasteiger charge is 2.20. The normalized spacial score (nSPS) is 11.6. The lowest BCUT2D eigenvalue weighted by atomic mass is 10.0. The maximum Gasteiger partial charge on any atom is 0.274 e. The molecule has 0 spiro atoms. The van der Waals surface area contributed by atoms with Crippen molar-refractivity contribution in [2.45, 2.75) is 31.6 Å². The minimum Gasteiger partial charge on any atom is -0.299 e. The Morgan fingerprint density at radius 3 is 2.45 bits per heavy atom. The van der Waals surface area contributed by atoms with Crippen molar-refractivity contribution in [3.8, 4) is 0 Å². The van der Waals surface area contributed by atoms with Gasteiger partial charge < -0.3 is 0 Å². The number of hydrogen-bond donors (Lipinski definition) is 1. The molecule has 20 heavy (non-hydrogen) atoms. The Bertz CT molecular complexity index is 637. The molecule has 2 N–H and O–H groups in total. The summed E-state index contributed by atoms with van der Waals surface area (Å²) < 4.78 is 22.3. The van der Waals surface area contributed by atoms with E-state index in [0.29, 0.717) is 6.42 Å². The molecule has 0 aliphatic heterocycles. The van der Waals surface area contributed by atoms with Crippen LogP contribution in [0.15, 0.2) is 23.1 Å². The zero-order valence-electron chi connectivity index (χ0n) is 11.2. The molecule has 1 aromatic carbocycles. The van der Waals surface area contributed by atoms with Gasteiger partial charge in [-0.05, 0) is 12.0 Å². The third-order valence-corrected chi connectivity index (χ3v) is 3.52. The van der Waals surface area contributed by atoms with Gasteiger partial charge in [-0.2, -0.15) is 0 Å². The molecule has 1 rings (SSSR count). The second-order valence-electron chi connectivity index (χ2n) is 4.91. The predicted octanol–water partition coefficient (Wildman–Crippen LogP) is 1.40. The van der Waals surface area contributed by atoms with E-state index in [1.54, 1.807) is 0 Å². The number of hydrogen-bond acceptors (Lipinski definition) is 5. The summed E-state index contributed by atoms with van der Waals surface area (Å²) in [5.41, 5.74) is -0.221. The maximum absolute atomic E-state index is 11.7. The summed E-state index contributed by atoms with van der Waals surface area (Å²) >= 11 is 0. The van der Waals surface area contributed by atoms with Crippen LogP contribution in [0.1, 0.15) is 25.8 Å². The van der Waals surface area contributed by atoms with Gasteiger partial charge >= 0.3 is 0 Å². The molecule has 0 amide bonds. The first-order valence-corrected chi connectivity index (χ1v) is 7.47. The average Bonchev–Trinajstić information content (AvgIpc) is 2.26. The number of nitro groups is 1. The van der Waals surface area contributed by atoms with Crippen molar-refractivity contribution in [1.82, 2.24) is 0 Å². The van der Waals surface area contributed by atoms with Crippen LogP contribution in [0.4, 0.5) is 5.69 Å². The Morgan fingerprint density at radius 1 is 1.40 bits per heavy atom. The van der Waals surface area contributed by atoms with Gasteiger partial charge in [-0.15, -0.1) is 0 Å². The van der Waals surface area contributed by atoms with Crippen molar-refractivity contribution in [2.75, 3.05) is 0 Å². The fraction of sp³-hybridized carbons (Fsp3) is 0.417. The van der Waals surface area contributed by atoms with Crippen LogP contribution < -0.4 is 5.14 Å². The highest BCUT2D eigenvalue weighted by Crippen LogP contribution is 2.23. The van der Waals surface area contributed by atoms with Crippen molar-refractivity contribution < 1.29 is 18.1 Å². The number of rotatable bonds is 6. The lowest BCUT2D eigenvalue weighted by molar-refractivity contribution is -0.385. The van der Waals surface area contributed by atoms with E-state index in [0.717, 1.165) is 6.07 Å². The number of ketones is 1. The molecule has 8 heteroatoms. The summed E-state index contributed by atoms with van der Waals surface area (Å²) in [7, 11) is -4.01. The lowest BCUT2D eigenvalue weighted by Crippen LogP contribution is -2.13. The van der Waals surface area contributed by atoms with Gasteiger partial charge in [-0.1, -0.05) is 19.9 Å². The SMILES string of the molecule is CC(C)CC(=O)Cc1ccc(S(N)(=O)=O)cc1[N+](=O)[O-]. The van der Waals surface area contributed by atoms with E-state index in [2.05, 4.69) is 0 Å². The van der Waals surface area contributed by atoms with Crippen molar-refractivity contribution >= 4 is 21.5 Å². The van der Waals surface area contributed by atoms with E-state index < -0.39 is 20.6 Å². The molecule has 0 saturated carbocycles. The topological polar surface area (TPSA) is 120 Å². The van der Waals surface area contributed by atoms with Gasteiger partial charge in [-0.25, -0.2) is 13.6 Å². The first kappa shape index (κ1) is 16.3. The quantitative estimate of drug-likeness (QED) is 0.628. The number of benzene rings is 1. The van der Waals surface area contributed by atoms with Crippen LogP contribution in [-0.2, 0) is 21.2 Å². The number of carbonyl (C=O) groups is 1. The standard InChI is InChI=1S/C12H16N2O5S/c1-8(2)5-10(15)6-9-3-4-11(20(13,18)19)7-12(9)14(16)17/h3-4,7-8H,5-6H2,1-2H3,(H2,13,18,19). The number of nitro benzene ring substituents is 1. The van der Waals surface area contributed by atoms with Crippen LogP contribution in [0, 0.1) is 16.0 Å². The molecule has 0 atom stereocenters. The molecule has 0 heterocycles. The van der Waals surface area contributed by atoms with E-state index in [1.807, 2.05) is 13.8 Å². The van der Waals surface area contributed by atoms with E-state index in [4.69, 9.17) is 5.14 Å². The molecular formula is C12H16N2O5S. The molecule has 110 valence electrons. The Hall–Kier alpha value is -1.80. The zero-order chi connectivity index (χ0) is 15.5. The number of sulfonamides is 1. The van der Waals surface area contributed by atoms with Crippen LogP contribution in [0.5, 0.6) is 0 Å². The van der Waals surface area contributed by atoms with Crippen LogP contribution in [0.2, 0.25) is 0 Å². The van der Waals surface area contributed by atoms with Gasteiger partial charge in [0.05, 0.1) is 9.82 Å². The van der Waals surface area contributed by atoms with Gasteiger partial charge in [-0.3, -0.25) is 14.9 Å². The Labute approximate surface area is 117 Å². The van der Waals surface area contributed by atoms with Crippen LogP contribution in [0.25, 0.3) is 0 Å². The smallest absolute Gasteiger partial charge is 0.274 e. The van der Waals surface area contributed by atoms with Gasteiger partial charge in [0.25, 0.3) is 5.69 Å². The Balaban J connectivity index is 3.15. The first-order chi connectivity index (χ1) is 9.11. The number of primary sulfonamides is 1. The van der Waals surface area contributed by atoms with E-state index in [9.17, 15) is 23.3 Å². The van der Waals surface area contributed by atoms with Crippen molar-refractivity contribution in [3.05, 3.63) is 33.9 Å². The highest BCUT2D eigenvalue weighted by molar-refractivity contribution is 7.89. The third kappa shape index (κ3) is 4.39. The highest BCUT2D eigenvalue weighted by atomic mass is 32.2. The van der Waals surface area contributed by atoms with Crippen LogP contribution in [0.3, 0.4) is 0 Å². The minimum atomic E-state index is -4.01. The number of nitrogens with zero attached hydrogens (tertiary/aromatic N) is 1. The van der Waals surface area contributed by atoms with Crippen molar-refractivity contribution in [2.24, 2.45) is 11.1 Å². The molecule has 0 aromatic heterocycles. The third-order valence-electron chi connectivity index (χ3n) is 2.61. The summed E-state index contributed by atoms with van der Waals surface area (Å²) in [6.45, 7) is 3.74. The molecular weight excluding hydrogens is 284 g/mol. The lowest BCUT2D eigenvalue weighted by Gasteiger charge is -2.06. The summed E-state index contributed by atoms with van der Waals surface area (Å²) in [6, 6.07) is 3.31. The van der Waals surface area contributed by atoms with Crippen LogP contribution in [-0.4, -0.2) is 19.1 Å². The molecule has 0 saturated heterocycles. The van der Waals surface area contributed by atoms with Crippen molar-refractivity contribution in [1.29, 1.82) is 0 Å². The summed E-state index contributed by atoms with van der Waals surface area (Å²) in [4.78, 5) is 21.6. The second-order valence-corrected chi connectivity index (χ2v) is 6.47. The Kier molecular flexibility index (Phi) is 4.96. The first-order valence-electron chi connectivity index (χ1n) is 5.93. The second kappa shape index (κ2) is 6.10. The summed E-state index contributed by atoms with van der Waals surface area (Å²) in [6.07, 6.45) is 0.216. The van der Waals surface area contributed by atoms with E-state index in [-0.39, 0.29) is 28.6 Å². The van der Waals surface area contributed by atoms with Gasteiger partial charge in [0.15, 0.2) is 0 Å². The Morgan fingerprint density at radius 2 is 2.00 bits per heavy atom. The van der Waals surface area contributed by atoms with Crippen molar-refractivity contribution in [3.63, 3.8) is 0 Å². The molecule has 0 bridgehead atoms. The summed E-state index contributed by atoms with van der Waals surface area (Å²) in [5, 5.41) is 15.9. The number of nitrogens with two attached hydrogens (primary N) is 1. The zero-order valence-corrected chi connectivity index (χ0v) is 12.0. The van der Waals surface area contributed by atoms with E-state index in [1.165, 1.54) is 12.1 Å². The summed E-state index contributed by atoms with van der Waals surface area (Å²) in [5.74, 6) is 0.0247. The molecule has 1 aromatic rings. The maximum atomic E-state index is 11.7. The molecule has 0 unspecified atom stereocenters. The van der Waals surface area contributed by atoms with Crippen LogP contribution >= 0.6 is 0 Å². The molecule has 0 radical (unpaired) electrons. The van der Waals surface area contributed by atoms with E-state index >= 15 is 0 Å².